The molecule has 0 aliphatic carbocycles. The van der Waals surface area contributed by atoms with Gasteiger partial charge in [0, 0.05) is 17.9 Å². The summed E-state index contributed by atoms with van der Waals surface area (Å²) < 4.78 is 11.6. The van der Waals surface area contributed by atoms with Gasteiger partial charge in [0.1, 0.15) is 18.2 Å². The summed E-state index contributed by atoms with van der Waals surface area (Å²) >= 11 is 0. The number of ether oxygens (including phenoxy) is 2. The first-order valence-corrected chi connectivity index (χ1v) is 11.4. The smallest absolute Gasteiger partial charge is 0.257 e. The average molecular weight is 468 g/mol. The Morgan fingerprint density at radius 1 is 0.971 bits per heavy atom. The van der Waals surface area contributed by atoms with E-state index in [0.29, 0.717) is 29.5 Å². The van der Waals surface area contributed by atoms with Crippen molar-refractivity contribution in [1.82, 2.24) is 9.97 Å². The zero-order valence-electron chi connectivity index (χ0n) is 19.5. The van der Waals surface area contributed by atoms with Gasteiger partial charge in [-0.2, -0.15) is 0 Å². The number of benzene rings is 3. The second kappa shape index (κ2) is 9.46. The van der Waals surface area contributed by atoms with Gasteiger partial charge in [-0.15, -0.1) is 0 Å². The molecule has 5 rings (SSSR count). The predicted octanol–water partition coefficient (Wildman–Crippen LogP) is 4.81. The van der Waals surface area contributed by atoms with E-state index in [1.165, 1.54) is 5.56 Å². The maximum absolute atomic E-state index is 13.2. The van der Waals surface area contributed by atoms with Crippen molar-refractivity contribution in [3.8, 4) is 22.9 Å². The number of amides is 1. The summed E-state index contributed by atoms with van der Waals surface area (Å²) in [5.41, 5.74) is 3.93. The molecule has 1 aliphatic rings. The van der Waals surface area contributed by atoms with E-state index in [-0.39, 0.29) is 23.7 Å². The second-order valence-electron chi connectivity index (χ2n) is 8.53. The Balaban J connectivity index is 1.46. The van der Waals surface area contributed by atoms with Crippen molar-refractivity contribution in [2.24, 2.45) is 0 Å². The third kappa shape index (κ3) is 4.66. The van der Waals surface area contributed by atoms with Crippen LogP contribution in [0, 0.1) is 6.92 Å². The lowest BCUT2D eigenvalue weighted by Crippen LogP contribution is -2.31. The van der Waals surface area contributed by atoms with Crippen LogP contribution in [0.5, 0.6) is 11.5 Å². The number of aryl methyl sites for hydroxylation is 1. The molecule has 0 saturated carbocycles. The maximum atomic E-state index is 13.2. The minimum absolute atomic E-state index is 0.134. The molecule has 2 N–H and O–H groups in total. The molecule has 0 fully saturated rings. The van der Waals surface area contributed by atoms with Crippen LogP contribution in [0.1, 0.15) is 34.6 Å². The molecule has 1 aliphatic heterocycles. The van der Waals surface area contributed by atoms with E-state index < -0.39 is 5.92 Å². The number of carbonyl (C=O) groups is 1. The number of rotatable bonds is 6. The van der Waals surface area contributed by atoms with Gasteiger partial charge < -0.3 is 19.8 Å². The van der Waals surface area contributed by atoms with E-state index in [2.05, 4.69) is 15.3 Å². The van der Waals surface area contributed by atoms with E-state index in [1.807, 2.05) is 79.7 Å². The number of hydrogen-bond acceptors (Lipinski definition) is 5. The molecule has 0 saturated heterocycles. The van der Waals surface area contributed by atoms with Crippen molar-refractivity contribution in [2.75, 3.05) is 12.4 Å². The van der Waals surface area contributed by atoms with Gasteiger partial charge in [0.25, 0.3) is 5.56 Å². The number of H-pyrrole nitrogens is 1. The third-order valence-corrected chi connectivity index (χ3v) is 6.10. The van der Waals surface area contributed by atoms with Gasteiger partial charge in [-0.05, 0) is 30.2 Å². The zero-order valence-corrected chi connectivity index (χ0v) is 19.5. The number of anilines is 1. The van der Waals surface area contributed by atoms with Gasteiger partial charge in [0.2, 0.25) is 5.91 Å². The maximum Gasteiger partial charge on any atom is 0.257 e. The minimum Gasteiger partial charge on any atom is -0.493 e. The van der Waals surface area contributed by atoms with Crippen LogP contribution in [-0.2, 0) is 11.4 Å². The molecule has 7 nitrogen and oxygen atoms in total. The number of nitrogens with zero attached hydrogens (tertiary/aromatic N) is 1. The molecule has 0 bridgehead atoms. The normalized spacial score (nSPS) is 14.7. The molecular formula is C28H25N3O4. The molecule has 1 aromatic heterocycles. The molecule has 0 spiro atoms. The Kier molecular flexibility index (Phi) is 6.06. The number of aromatic nitrogens is 2. The first-order valence-electron chi connectivity index (χ1n) is 11.4. The van der Waals surface area contributed by atoms with Crippen LogP contribution in [0.4, 0.5) is 5.82 Å². The standard InChI is InChI=1S/C28H25N3O4/c1-17-8-10-18(11-9-17)16-35-22-13-12-20(14-23(22)34-2)21-15-24(32)29-27-25(21)28(33)31-26(30-27)19-6-4-3-5-7-19/h3-14,21H,15-16H2,1-2H3,(H2,29,30,31,32,33)/t21-/m0/s1. The Labute approximate surface area is 202 Å². The highest BCUT2D eigenvalue weighted by molar-refractivity contribution is 5.94. The summed E-state index contributed by atoms with van der Waals surface area (Å²) in [5.74, 6) is 1.16. The summed E-state index contributed by atoms with van der Waals surface area (Å²) in [6.07, 6.45) is 0.134. The van der Waals surface area contributed by atoms with E-state index in [4.69, 9.17) is 9.47 Å². The summed E-state index contributed by atoms with van der Waals surface area (Å²) in [6, 6.07) is 23.0. The second-order valence-corrected chi connectivity index (χ2v) is 8.53. The fraction of sp³-hybridized carbons (Fsp3) is 0.179. The number of methoxy groups -OCH3 is 1. The Hall–Kier alpha value is -4.39. The molecule has 35 heavy (non-hydrogen) atoms. The molecule has 1 atom stereocenters. The monoisotopic (exact) mass is 467 g/mol. The molecule has 1 amide bonds. The van der Waals surface area contributed by atoms with Crippen molar-refractivity contribution in [3.63, 3.8) is 0 Å². The highest BCUT2D eigenvalue weighted by Gasteiger charge is 2.31. The summed E-state index contributed by atoms with van der Waals surface area (Å²) in [4.78, 5) is 33.1. The van der Waals surface area contributed by atoms with Crippen LogP contribution in [0.2, 0.25) is 0 Å². The Bertz CT molecular complexity index is 1430. The van der Waals surface area contributed by atoms with Crippen LogP contribution in [0.15, 0.2) is 77.6 Å². The van der Waals surface area contributed by atoms with E-state index in [9.17, 15) is 9.59 Å². The van der Waals surface area contributed by atoms with Crippen LogP contribution in [-0.4, -0.2) is 23.0 Å². The summed E-state index contributed by atoms with van der Waals surface area (Å²) in [6.45, 7) is 2.44. The molecule has 176 valence electrons. The first kappa shape index (κ1) is 22.4. The van der Waals surface area contributed by atoms with Gasteiger partial charge in [0.15, 0.2) is 11.5 Å². The van der Waals surface area contributed by atoms with Crippen molar-refractivity contribution in [2.45, 2.75) is 25.9 Å². The first-order chi connectivity index (χ1) is 17.0. The van der Waals surface area contributed by atoms with Gasteiger partial charge in [-0.3, -0.25) is 9.59 Å². The van der Waals surface area contributed by atoms with Crippen LogP contribution >= 0.6 is 0 Å². The van der Waals surface area contributed by atoms with Crippen LogP contribution < -0.4 is 20.3 Å². The predicted molar refractivity (Wildman–Crippen MR) is 134 cm³/mol. The molecule has 7 heteroatoms. The van der Waals surface area contributed by atoms with Crippen molar-refractivity contribution >= 4 is 11.7 Å². The largest absolute Gasteiger partial charge is 0.493 e. The fourth-order valence-electron chi connectivity index (χ4n) is 4.25. The van der Waals surface area contributed by atoms with Crippen LogP contribution in [0.25, 0.3) is 11.4 Å². The molecule has 3 aromatic carbocycles. The number of nitrogens with one attached hydrogen (secondary N) is 2. The van der Waals surface area contributed by atoms with E-state index in [0.717, 1.165) is 16.7 Å². The highest BCUT2D eigenvalue weighted by atomic mass is 16.5. The Morgan fingerprint density at radius 3 is 2.49 bits per heavy atom. The molecule has 0 unspecified atom stereocenters. The van der Waals surface area contributed by atoms with Crippen molar-refractivity contribution in [1.29, 1.82) is 0 Å². The molecule has 0 radical (unpaired) electrons. The summed E-state index contributed by atoms with van der Waals surface area (Å²) in [7, 11) is 1.57. The van der Waals surface area contributed by atoms with Crippen molar-refractivity contribution in [3.05, 3.63) is 105 Å². The number of aromatic amines is 1. The lowest BCUT2D eigenvalue weighted by atomic mass is 9.86. The topological polar surface area (TPSA) is 93.3 Å². The van der Waals surface area contributed by atoms with Gasteiger partial charge in [-0.25, -0.2) is 4.98 Å². The summed E-state index contributed by atoms with van der Waals surface area (Å²) in [5, 5.41) is 2.77. The molecule has 2 heterocycles. The van der Waals surface area contributed by atoms with Crippen LogP contribution in [0.3, 0.4) is 0 Å². The van der Waals surface area contributed by atoms with E-state index >= 15 is 0 Å². The number of fused-ring (bicyclic) bond motifs is 1. The fourth-order valence-corrected chi connectivity index (χ4v) is 4.25. The molecular weight excluding hydrogens is 442 g/mol. The SMILES string of the molecule is COc1cc([C@@H]2CC(=O)Nc3nc(-c4ccccc4)[nH]c(=O)c32)ccc1OCc1ccc(C)cc1. The Morgan fingerprint density at radius 2 is 1.74 bits per heavy atom. The average Bonchev–Trinajstić information content (AvgIpc) is 2.88. The lowest BCUT2D eigenvalue weighted by molar-refractivity contribution is -0.116. The van der Waals surface area contributed by atoms with Gasteiger partial charge in [0.05, 0.1) is 12.7 Å². The number of hydrogen-bond donors (Lipinski definition) is 2. The zero-order chi connectivity index (χ0) is 24.4. The quantitative estimate of drug-likeness (QED) is 0.425. The molecule has 4 aromatic rings. The minimum atomic E-state index is -0.458. The van der Waals surface area contributed by atoms with Crippen molar-refractivity contribution < 1.29 is 14.3 Å². The lowest BCUT2D eigenvalue weighted by Gasteiger charge is -2.25. The highest BCUT2D eigenvalue weighted by Crippen LogP contribution is 2.38. The van der Waals surface area contributed by atoms with Gasteiger partial charge >= 0.3 is 0 Å². The number of carbonyl (C=O) groups excluding carboxylic acids is 1. The van der Waals surface area contributed by atoms with Gasteiger partial charge in [-0.1, -0.05) is 66.2 Å². The third-order valence-electron chi connectivity index (χ3n) is 6.10. The van der Waals surface area contributed by atoms with E-state index in [1.54, 1.807) is 7.11 Å².